The summed E-state index contributed by atoms with van der Waals surface area (Å²) in [6.07, 6.45) is -2.19. The van der Waals surface area contributed by atoms with Crippen molar-refractivity contribution in [3.8, 4) is 11.1 Å². The number of hydrogen-bond acceptors (Lipinski definition) is 5. The molecule has 0 bridgehead atoms. The van der Waals surface area contributed by atoms with Gasteiger partial charge in [0.1, 0.15) is 6.61 Å². The van der Waals surface area contributed by atoms with Gasteiger partial charge in [-0.1, -0.05) is 62.4 Å². The summed E-state index contributed by atoms with van der Waals surface area (Å²) in [4.78, 5) is 35.4. The molecule has 1 aliphatic rings. The molecule has 4 N–H and O–H groups in total. The molecule has 2 aromatic rings. The van der Waals surface area contributed by atoms with Crippen molar-refractivity contribution in [1.29, 1.82) is 0 Å². The van der Waals surface area contributed by atoms with Gasteiger partial charge in [0.05, 0.1) is 0 Å². The monoisotopic (exact) mass is 454 g/mol. The Labute approximate surface area is 193 Å². The molecule has 0 saturated carbocycles. The lowest BCUT2D eigenvalue weighted by molar-refractivity contribution is -0.147. The molecule has 2 aromatic carbocycles. The number of amides is 2. The normalized spacial score (nSPS) is 14.2. The number of aliphatic hydroxyl groups excluding tert-OH is 1. The number of carboxylic acids is 1. The van der Waals surface area contributed by atoms with Crippen LogP contribution in [-0.4, -0.2) is 53.5 Å². The largest absolute Gasteiger partial charge is 0.479 e. The molecule has 0 heterocycles. The number of rotatable bonds is 10. The minimum absolute atomic E-state index is 0.0189. The number of nitrogens with one attached hydrogen (secondary N) is 2. The molecule has 3 rings (SSSR count). The highest BCUT2D eigenvalue weighted by Crippen LogP contribution is 2.44. The van der Waals surface area contributed by atoms with E-state index >= 15 is 0 Å². The van der Waals surface area contributed by atoms with Crippen LogP contribution in [0.2, 0.25) is 0 Å². The standard InChI is InChI=1S/C25H30N2O6/c1-15(2)21(13-23(29)26-12-11-22(28)24(30)31)27-25(32)33-14-20-18-9-5-3-7-16(18)17-8-4-6-10-19(17)20/h3-10,15,20-22,28H,11-14H2,1-2H3,(H,26,29)(H,27,32)(H,30,31)/t21-,22?/m1/s1. The summed E-state index contributed by atoms with van der Waals surface area (Å²) in [6.45, 7) is 3.98. The van der Waals surface area contributed by atoms with Crippen LogP contribution in [-0.2, 0) is 14.3 Å². The van der Waals surface area contributed by atoms with Crippen molar-refractivity contribution in [2.75, 3.05) is 13.2 Å². The highest BCUT2D eigenvalue weighted by molar-refractivity contribution is 5.79. The molecule has 8 nitrogen and oxygen atoms in total. The molecule has 2 atom stereocenters. The summed E-state index contributed by atoms with van der Waals surface area (Å²) < 4.78 is 5.56. The van der Waals surface area contributed by atoms with E-state index < -0.39 is 24.2 Å². The van der Waals surface area contributed by atoms with Crippen molar-refractivity contribution >= 4 is 18.0 Å². The van der Waals surface area contributed by atoms with Crippen LogP contribution >= 0.6 is 0 Å². The Balaban J connectivity index is 1.53. The minimum atomic E-state index is -1.52. The fourth-order valence-corrected chi connectivity index (χ4v) is 3.99. The van der Waals surface area contributed by atoms with Gasteiger partial charge in [-0.05, 0) is 28.2 Å². The maximum Gasteiger partial charge on any atom is 0.407 e. The summed E-state index contributed by atoms with van der Waals surface area (Å²) in [5.41, 5.74) is 4.53. The fraction of sp³-hybridized carbons (Fsp3) is 0.400. The zero-order valence-corrected chi connectivity index (χ0v) is 18.8. The van der Waals surface area contributed by atoms with E-state index in [1.165, 1.54) is 0 Å². The number of benzene rings is 2. The van der Waals surface area contributed by atoms with Crippen LogP contribution in [0.25, 0.3) is 11.1 Å². The third-order valence-corrected chi connectivity index (χ3v) is 5.88. The average Bonchev–Trinajstić information content (AvgIpc) is 3.10. The van der Waals surface area contributed by atoms with Gasteiger partial charge in [0.2, 0.25) is 5.91 Å². The van der Waals surface area contributed by atoms with Crippen LogP contribution in [0.5, 0.6) is 0 Å². The van der Waals surface area contributed by atoms with Crippen molar-refractivity contribution in [2.45, 2.75) is 44.8 Å². The topological polar surface area (TPSA) is 125 Å². The Morgan fingerprint density at radius 1 is 1.00 bits per heavy atom. The van der Waals surface area contributed by atoms with Crippen LogP contribution < -0.4 is 10.6 Å². The number of aliphatic carboxylic acids is 1. The first-order valence-corrected chi connectivity index (χ1v) is 11.1. The Morgan fingerprint density at radius 2 is 1.58 bits per heavy atom. The van der Waals surface area contributed by atoms with E-state index in [4.69, 9.17) is 9.84 Å². The van der Waals surface area contributed by atoms with E-state index in [0.717, 1.165) is 22.3 Å². The summed E-state index contributed by atoms with van der Waals surface area (Å²) >= 11 is 0. The van der Waals surface area contributed by atoms with Gasteiger partial charge in [-0.15, -0.1) is 0 Å². The van der Waals surface area contributed by atoms with Crippen LogP contribution in [0.3, 0.4) is 0 Å². The predicted molar refractivity (Wildman–Crippen MR) is 123 cm³/mol. The Hall–Kier alpha value is -3.39. The molecule has 176 valence electrons. The molecule has 0 radical (unpaired) electrons. The zero-order chi connectivity index (χ0) is 24.0. The summed E-state index contributed by atoms with van der Waals surface area (Å²) in [7, 11) is 0. The van der Waals surface area contributed by atoms with Gasteiger partial charge in [-0.3, -0.25) is 4.79 Å². The quantitative estimate of drug-likeness (QED) is 0.438. The summed E-state index contributed by atoms with van der Waals surface area (Å²) in [5.74, 6) is -1.75. The van der Waals surface area contributed by atoms with E-state index in [1.807, 2.05) is 50.2 Å². The number of carbonyl (C=O) groups excluding carboxylic acids is 2. The van der Waals surface area contributed by atoms with Gasteiger partial charge in [0.15, 0.2) is 6.10 Å². The van der Waals surface area contributed by atoms with Crippen LogP contribution in [0.1, 0.15) is 43.7 Å². The number of aliphatic hydroxyl groups is 1. The predicted octanol–water partition coefficient (Wildman–Crippen LogP) is 2.89. The average molecular weight is 455 g/mol. The van der Waals surface area contributed by atoms with E-state index in [9.17, 15) is 19.5 Å². The molecule has 2 amide bonds. The van der Waals surface area contributed by atoms with Crippen LogP contribution in [0.15, 0.2) is 48.5 Å². The molecule has 0 aliphatic heterocycles. The van der Waals surface area contributed by atoms with Crippen LogP contribution in [0, 0.1) is 5.92 Å². The lowest BCUT2D eigenvalue weighted by Crippen LogP contribution is -2.43. The number of alkyl carbamates (subject to hydrolysis) is 1. The molecule has 8 heteroatoms. The molecule has 0 spiro atoms. The molecule has 33 heavy (non-hydrogen) atoms. The number of carbonyl (C=O) groups is 3. The number of carboxylic acid groups (broad SMARTS) is 1. The van der Waals surface area contributed by atoms with Crippen molar-refractivity contribution < 1.29 is 29.3 Å². The van der Waals surface area contributed by atoms with E-state index in [1.54, 1.807) is 0 Å². The van der Waals surface area contributed by atoms with Crippen molar-refractivity contribution in [3.63, 3.8) is 0 Å². The third-order valence-electron chi connectivity index (χ3n) is 5.88. The lowest BCUT2D eigenvalue weighted by atomic mass is 9.98. The zero-order valence-electron chi connectivity index (χ0n) is 18.8. The van der Waals surface area contributed by atoms with Gasteiger partial charge in [0, 0.05) is 31.3 Å². The summed E-state index contributed by atoms with van der Waals surface area (Å²) in [5, 5.41) is 23.3. The lowest BCUT2D eigenvalue weighted by Gasteiger charge is -2.22. The first-order valence-electron chi connectivity index (χ1n) is 11.1. The van der Waals surface area contributed by atoms with Gasteiger partial charge in [-0.2, -0.15) is 0 Å². The Bertz CT molecular complexity index is 960. The highest BCUT2D eigenvalue weighted by Gasteiger charge is 2.29. The van der Waals surface area contributed by atoms with E-state index in [0.29, 0.717) is 0 Å². The van der Waals surface area contributed by atoms with Gasteiger partial charge < -0.3 is 25.6 Å². The second-order valence-corrected chi connectivity index (χ2v) is 8.52. The van der Waals surface area contributed by atoms with Crippen molar-refractivity contribution in [3.05, 3.63) is 59.7 Å². The second kappa shape index (κ2) is 11.0. The first kappa shape index (κ1) is 24.3. The molecule has 1 unspecified atom stereocenters. The second-order valence-electron chi connectivity index (χ2n) is 8.52. The third kappa shape index (κ3) is 6.10. The minimum Gasteiger partial charge on any atom is -0.479 e. The number of ether oxygens (including phenoxy) is 1. The van der Waals surface area contributed by atoms with Gasteiger partial charge >= 0.3 is 12.1 Å². The first-order chi connectivity index (χ1) is 15.8. The van der Waals surface area contributed by atoms with E-state index in [-0.39, 0.29) is 43.7 Å². The van der Waals surface area contributed by atoms with Crippen molar-refractivity contribution in [2.24, 2.45) is 5.92 Å². The molecule has 0 aromatic heterocycles. The molecule has 0 saturated heterocycles. The highest BCUT2D eigenvalue weighted by atomic mass is 16.5. The molecule has 0 fully saturated rings. The van der Waals surface area contributed by atoms with Gasteiger partial charge in [0.25, 0.3) is 0 Å². The van der Waals surface area contributed by atoms with E-state index in [2.05, 4.69) is 22.8 Å². The smallest absolute Gasteiger partial charge is 0.407 e. The summed E-state index contributed by atoms with van der Waals surface area (Å²) in [6, 6.07) is 15.7. The fourth-order valence-electron chi connectivity index (χ4n) is 3.99. The number of fused-ring (bicyclic) bond motifs is 3. The van der Waals surface area contributed by atoms with Crippen LogP contribution in [0.4, 0.5) is 4.79 Å². The number of hydrogen-bond donors (Lipinski definition) is 4. The van der Waals surface area contributed by atoms with Crippen molar-refractivity contribution in [1.82, 2.24) is 10.6 Å². The SMILES string of the molecule is CC(C)[C@@H](CC(=O)NCCC(O)C(=O)O)NC(=O)OCC1c2ccccc2-c2ccccc21. The van der Waals surface area contributed by atoms with Gasteiger partial charge in [-0.25, -0.2) is 9.59 Å². The Kier molecular flexibility index (Phi) is 8.06. The Morgan fingerprint density at radius 3 is 2.12 bits per heavy atom. The molecular weight excluding hydrogens is 424 g/mol. The maximum atomic E-state index is 12.5. The maximum absolute atomic E-state index is 12.5. The molecule has 1 aliphatic carbocycles. The molecular formula is C25H30N2O6.